The fourth-order valence-electron chi connectivity index (χ4n) is 1.38. The fraction of sp³-hybridized carbons (Fsp3) is 0.222. The summed E-state index contributed by atoms with van der Waals surface area (Å²) in [5, 5.41) is 8.52. The predicted octanol–water partition coefficient (Wildman–Crippen LogP) is 1.05. The monoisotopic (exact) mass is 177 g/mol. The van der Waals surface area contributed by atoms with Crippen molar-refractivity contribution >= 4 is 11.0 Å². The van der Waals surface area contributed by atoms with E-state index in [0.717, 1.165) is 16.6 Å². The molecule has 0 spiro atoms. The fourth-order valence-corrected chi connectivity index (χ4v) is 1.38. The van der Waals surface area contributed by atoms with Crippen LogP contribution in [0, 0.1) is 0 Å². The van der Waals surface area contributed by atoms with Crippen molar-refractivity contribution in [3.05, 3.63) is 30.1 Å². The Morgan fingerprint density at radius 3 is 3.15 bits per heavy atom. The molecule has 0 unspecified atom stereocenters. The highest BCUT2D eigenvalue weighted by Crippen LogP contribution is 2.13. The van der Waals surface area contributed by atoms with Crippen molar-refractivity contribution in [2.45, 2.75) is 6.54 Å². The van der Waals surface area contributed by atoms with Crippen molar-refractivity contribution in [2.24, 2.45) is 7.05 Å². The highest BCUT2D eigenvalue weighted by molar-refractivity contribution is 5.75. The number of hydrogen-bond donors (Lipinski definition) is 2. The third kappa shape index (κ3) is 1.41. The van der Waals surface area contributed by atoms with E-state index in [9.17, 15) is 0 Å². The summed E-state index contributed by atoms with van der Waals surface area (Å²) in [7, 11) is 1.96. The largest absolute Gasteiger partial charge is 0.334 e. The predicted molar refractivity (Wildman–Crippen MR) is 49.3 cm³/mol. The summed E-state index contributed by atoms with van der Waals surface area (Å²) in [6.07, 6.45) is 1.78. The van der Waals surface area contributed by atoms with E-state index >= 15 is 0 Å². The van der Waals surface area contributed by atoms with E-state index in [2.05, 4.69) is 10.5 Å². The van der Waals surface area contributed by atoms with Gasteiger partial charge in [-0.3, -0.25) is 0 Å². The van der Waals surface area contributed by atoms with Crippen LogP contribution in [0.15, 0.2) is 24.5 Å². The van der Waals surface area contributed by atoms with E-state index in [4.69, 9.17) is 5.21 Å². The lowest BCUT2D eigenvalue weighted by Gasteiger charge is -1.99. The van der Waals surface area contributed by atoms with Crippen LogP contribution in [0.25, 0.3) is 11.0 Å². The Balaban J connectivity index is 2.50. The topological polar surface area (TPSA) is 50.1 Å². The Labute approximate surface area is 75.8 Å². The van der Waals surface area contributed by atoms with Crippen LogP contribution >= 0.6 is 0 Å². The summed E-state index contributed by atoms with van der Waals surface area (Å²) in [4.78, 5) is 4.21. The molecule has 4 nitrogen and oxygen atoms in total. The first-order chi connectivity index (χ1) is 6.31. The summed E-state index contributed by atoms with van der Waals surface area (Å²) in [5.41, 5.74) is 5.20. The lowest BCUT2D eigenvalue weighted by Crippen LogP contribution is -2.05. The number of imidazole rings is 1. The SMILES string of the molecule is Cn1cnc2cc(CNO)ccc21. The number of nitrogens with one attached hydrogen (secondary N) is 1. The third-order valence-electron chi connectivity index (χ3n) is 2.07. The van der Waals surface area contributed by atoms with Crippen molar-refractivity contribution < 1.29 is 5.21 Å². The van der Waals surface area contributed by atoms with Gasteiger partial charge in [-0.05, 0) is 17.7 Å². The van der Waals surface area contributed by atoms with Crippen LogP contribution in [0.4, 0.5) is 0 Å². The van der Waals surface area contributed by atoms with Gasteiger partial charge in [0.05, 0.1) is 17.4 Å². The van der Waals surface area contributed by atoms with Crippen molar-refractivity contribution in [3.63, 3.8) is 0 Å². The molecule has 68 valence electrons. The first-order valence-electron chi connectivity index (χ1n) is 4.08. The zero-order valence-corrected chi connectivity index (χ0v) is 7.36. The molecule has 2 rings (SSSR count). The van der Waals surface area contributed by atoms with E-state index in [1.807, 2.05) is 29.8 Å². The van der Waals surface area contributed by atoms with Crippen LogP contribution in [0.3, 0.4) is 0 Å². The van der Waals surface area contributed by atoms with Crippen molar-refractivity contribution in [1.82, 2.24) is 15.0 Å². The number of fused-ring (bicyclic) bond motifs is 1. The van der Waals surface area contributed by atoms with Gasteiger partial charge in [0.1, 0.15) is 0 Å². The second-order valence-corrected chi connectivity index (χ2v) is 3.01. The van der Waals surface area contributed by atoms with Gasteiger partial charge in [0, 0.05) is 13.6 Å². The maximum absolute atomic E-state index is 8.52. The molecule has 0 atom stereocenters. The molecule has 0 aliphatic carbocycles. The van der Waals surface area contributed by atoms with Crippen LogP contribution in [-0.2, 0) is 13.6 Å². The summed E-state index contributed by atoms with van der Waals surface area (Å²) >= 11 is 0. The molecule has 0 bridgehead atoms. The molecule has 0 radical (unpaired) electrons. The normalized spacial score (nSPS) is 10.9. The Morgan fingerprint density at radius 2 is 2.38 bits per heavy atom. The highest BCUT2D eigenvalue weighted by atomic mass is 16.5. The zero-order valence-electron chi connectivity index (χ0n) is 7.36. The molecule has 0 amide bonds. The summed E-state index contributed by atoms with van der Waals surface area (Å²) in [5.74, 6) is 0. The van der Waals surface area contributed by atoms with Crippen LogP contribution in [0.5, 0.6) is 0 Å². The molecule has 0 saturated carbocycles. The Hall–Kier alpha value is -1.39. The average molecular weight is 177 g/mol. The van der Waals surface area contributed by atoms with E-state index in [-0.39, 0.29) is 0 Å². The maximum atomic E-state index is 8.52. The molecule has 1 heterocycles. The lowest BCUT2D eigenvalue weighted by atomic mass is 10.2. The van der Waals surface area contributed by atoms with Crippen LogP contribution < -0.4 is 5.48 Å². The minimum atomic E-state index is 0.451. The summed E-state index contributed by atoms with van der Waals surface area (Å²) in [6.45, 7) is 0.451. The second kappa shape index (κ2) is 3.16. The number of nitrogens with zero attached hydrogens (tertiary/aromatic N) is 2. The first kappa shape index (κ1) is 8.22. The Bertz CT molecular complexity index is 422. The Morgan fingerprint density at radius 1 is 1.54 bits per heavy atom. The van der Waals surface area contributed by atoms with Gasteiger partial charge in [-0.2, -0.15) is 0 Å². The number of hydrogen-bond acceptors (Lipinski definition) is 3. The number of rotatable bonds is 2. The van der Waals surface area contributed by atoms with E-state index in [1.165, 1.54) is 0 Å². The molecule has 0 aliphatic rings. The smallest absolute Gasteiger partial charge is 0.0955 e. The van der Waals surface area contributed by atoms with Gasteiger partial charge in [-0.1, -0.05) is 6.07 Å². The van der Waals surface area contributed by atoms with E-state index < -0.39 is 0 Å². The number of aryl methyl sites for hydroxylation is 1. The van der Waals surface area contributed by atoms with Crippen LogP contribution in [0.2, 0.25) is 0 Å². The Kier molecular flexibility index (Phi) is 2.00. The first-order valence-corrected chi connectivity index (χ1v) is 4.08. The molecule has 1 aromatic heterocycles. The quantitative estimate of drug-likeness (QED) is 0.674. The molecule has 0 saturated heterocycles. The van der Waals surface area contributed by atoms with Crippen molar-refractivity contribution in [1.29, 1.82) is 0 Å². The van der Waals surface area contributed by atoms with Crippen molar-refractivity contribution in [2.75, 3.05) is 0 Å². The van der Waals surface area contributed by atoms with Gasteiger partial charge >= 0.3 is 0 Å². The van der Waals surface area contributed by atoms with E-state index in [1.54, 1.807) is 6.33 Å². The van der Waals surface area contributed by atoms with Crippen LogP contribution in [-0.4, -0.2) is 14.8 Å². The van der Waals surface area contributed by atoms with Gasteiger partial charge in [0.25, 0.3) is 0 Å². The van der Waals surface area contributed by atoms with Gasteiger partial charge in [0.15, 0.2) is 0 Å². The summed E-state index contributed by atoms with van der Waals surface area (Å²) < 4.78 is 1.96. The molecule has 13 heavy (non-hydrogen) atoms. The minimum absolute atomic E-state index is 0.451. The standard InChI is InChI=1S/C9H11N3O/c1-12-6-10-8-4-7(5-11-13)2-3-9(8)12/h2-4,6,11,13H,5H2,1H3. The van der Waals surface area contributed by atoms with Crippen molar-refractivity contribution in [3.8, 4) is 0 Å². The van der Waals surface area contributed by atoms with Crippen LogP contribution in [0.1, 0.15) is 5.56 Å². The van der Waals surface area contributed by atoms with Gasteiger partial charge in [0.2, 0.25) is 0 Å². The summed E-state index contributed by atoms with van der Waals surface area (Å²) in [6, 6.07) is 5.92. The lowest BCUT2D eigenvalue weighted by molar-refractivity contribution is 0.161. The highest BCUT2D eigenvalue weighted by Gasteiger charge is 1.99. The third-order valence-corrected chi connectivity index (χ3v) is 2.07. The zero-order chi connectivity index (χ0) is 9.26. The van der Waals surface area contributed by atoms with Gasteiger partial charge < -0.3 is 9.77 Å². The molecule has 4 heteroatoms. The van der Waals surface area contributed by atoms with Gasteiger partial charge in [-0.25, -0.2) is 10.5 Å². The van der Waals surface area contributed by atoms with E-state index in [0.29, 0.717) is 6.54 Å². The minimum Gasteiger partial charge on any atom is -0.334 e. The molecule has 1 aromatic carbocycles. The number of hydroxylamine groups is 1. The number of aromatic nitrogens is 2. The molecule has 0 aliphatic heterocycles. The molecule has 0 fully saturated rings. The molecular formula is C9H11N3O. The number of benzene rings is 1. The molecule has 2 N–H and O–H groups in total. The second-order valence-electron chi connectivity index (χ2n) is 3.01. The molecular weight excluding hydrogens is 166 g/mol. The van der Waals surface area contributed by atoms with Gasteiger partial charge in [-0.15, -0.1) is 0 Å². The molecule has 2 aromatic rings. The maximum Gasteiger partial charge on any atom is 0.0955 e. The average Bonchev–Trinajstić information content (AvgIpc) is 2.48.